The van der Waals surface area contributed by atoms with Gasteiger partial charge in [-0.15, -0.1) is 0 Å². The van der Waals surface area contributed by atoms with Gasteiger partial charge in [0.05, 0.1) is 6.26 Å². The third-order valence-electron chi connectivity index (χ3n) is 7.92. The van der Waals surface area contributed by atoms with Crippen LogP contribution < -0.4 is 0 Å². The molecule has 6 atom stereocenters. The van der Waals surface area contributed by atoms with Crippen molar-refractivity contribution >= 4 is 34.0 Å². The second-order valence-electron chi connectivity index (χ2n) is 16.5. The van der Waals surface area contributed by atoms with Gasteiger partial charge in [-0.25, -0.2) is 14.4 Å². The van der Waals surface area contributed by atoms with E-state index < -0.39 is 98.3 Å². The van der Waals surface area contributed by atoms with Gasteiger partial charge >= 0.3 is 23.9 Å². The molecular formula is C38H54O14S. The monoisotopic (exact) mass is 766 g/mol. The van der Waals surface area contributed by atoms with Crippen LogP contribution >= 0.6 is 0 Å². The van der Waals surface area contributed by atoms with E-state index in [1.807, 2.05) is 37.3 Å². The van der Waals surface area contributed by atoms with Crippen LogP contribution in [0.1, 0.15) is 94.6 Å². The van der Waals surface area contributed by atoms with Crippen molar-refractivity contribution in [2.45, 2.75) is 142 Å². The number of fused-ring (bicyclic) bond motifs is 2. The zero-order valence-corrected chi connectivity index (χ0v) is 33.5. The topological polar surface area (TPSA) is 187 Å². The highest BCUT2D eigenvalue weighted by molar-refractivity contribution is 7.86. The molecule has 0 aromatic heterocycles. The zero-order chi connectivity index (χ0) is 40.5. The Morgan fingerprint density at radius 2 is 1.43 bits per heavy atom. The molecular weight excluding hydrogens is 712 g/mol. The molecule has 0 amide bonds. The van der Waals surface area contributed by atoms with Crippen LogP contribution in [-0.4, -0.2) is 90.2 Å². The van der Waals surface area contributed by atoms with Crippen molar-refractivity contribution in [3.8, 4) is 0 Å². The van der Waals surface area contributed by atoms with Crippen LogP contribution in [0.25, 0.3) is 0 Å². The smallest absolute Gasteiger partial charge is 0.374 e. The molecule has 1 saturated heterocycles. The maximum atomic E-state index is 14.5. The first-order valence-electron chi connectivity index (χ1n) is 17.3. The van der Waals surface area contributed by atoms with Gasteiger partial charge in [-0.2, -0.15) is 8.42 Å². The molecule has 0 unspecified atom stereocenters. The fraction of sp³-hybridized carbons (Fsp3) is 0.632. The molecule has 296 valence electrons. The Morgan fingerprint density at radius 1 is 0.906 bits per heavy atom. The molecule has 3 rings (SSSR count). The summed E-state index contributed by atoms with van der Waals surface area (Å²) in [6.45, 7) is 21.0. The van der Waals surface area contributed by atoms with E-state index in [2.05, 4.69) is 6.58 Å². The molecule has 1 aromatic carbocycles. The Morgan fingerprint density at radius 3 is 1.92 bits per heavy atom. The van der Waals surface area contributed by atoms with E-state index in [1.54, 1.807) is 20.8 Å². The molecule has 0 saturated carbocycles. The summed E-state index contributed by atoms with van der Waals surface area (Å²) in [6.07, 6.45) is -4.67. The molecule has 1 fully saturated rings. The normalized spacial score (nSPS) is 24.4. The van der Waals surface area contributed by atoms with Gasteiger partial charge in [0, 0.05) is 19.3 Å². The Balaban J connectivity index is 2.28. The molecule has 2 bridgehead atoms. The summed E-state index contributed by atoms with van der Waals surface area (Å²) in [5, 5.41) is 12.1. The maximum Gasteiger partial charge on any atom is 0.374 e. The Labute approximate surface area is 312 Å². The van der Waals surface area contributed by atoms with Crippen LogP contribution in [0.2, 0.25) is 0 Å². The summed E-state index contributed by atoms with van der Waals surface area (Å²) in [7, 11) is -4.54. The lowest BCUT2D eigenvalue weighted by Gasteiger charge is -2.42. The van der Waals surface area contributed by atoms with Gasteiger partial charge in [0.2, 0.25) is 17.1 Å². The van der Waals surface area contributed by atoms with Crippen LogP contribution in [0.15, 0.2) is 53.8 Å². The summed E-state index contributed by atoms with van der Waals surface area (Å²) in [5.41, 5.74) is -6.24. The summed E-state index contributed by atoms with van der Waals surface area (Å²) < 4.78 is 66.0. The molecule has 0 spiro atoms. The lowest BCUT2D eigenvalue weighted by Crippen LogP contribution is -2.59. The molecule has 15 heteroatoms. The van der Waals surface area contributed by atoms with E-state index in [9.17, 15) is 32.7 Å². The number of benzene rings is 1. The van der Waals surface area contributed by atoms with Gasteiger partial charge in [0.15, 0.2) is 12.2 Å². The summed E-state index contributed by atoms with van der Waals surface area (Å²) in [6, 6.07) is 9.48. The number of carbonyl (C=O) groups excluding carboxylic acids is 4. The molecule has 1 N–H and O–H groups in total. The summed E-state index contributed by atoms with van der Waals surface area (Å²) in [5.74, 6) is -8.19. The SMILES string of the molecule is C=C(CC[C@]12OC(C(=O)OC(C)(C)C)=C(C(=O)OC(C)(C)C)[C@](C(=O)OC(C)(C)C)(O1)[C@H](OS(C)(=O)=O)[C@H]2O)[C@@H](OC(C)=O)[C@H](C)Cc1ccccc1. The molecule has 2 heterocycles. The minimum absolute atomic E-state index is 0.131. The maximum absolute atomic E-state index is 14.5. The molecule has 53 heavy (non-hydrogen) atoms. The minimum atomic E-state index is -4.54. The van der Waals surface area contributed by atoms with Gasteiger partial charge in [-0.3, -0.25) is 8.98 Å². The number of hydrogen-bond acceptors (Lipinski definition) is 14. The third-order valence-corrected chi connectivity index (χ3v) is 8.48. The van der Waals surface area contributed by atoms with Crippen LogP contribution in [0.5, 0.6) is 0 Å². The van der Waals surface area contributed by atoms with Crippen molar-refractivity contribution < 1.29 is 65.3 Å². The average Bonchev–Trinajstić information content (AvgIpc) is 3.15. The third kappa shape index (κ3) is 10.9. The van der Waals surface area contributed by atoms with Crippen molar-refractivity contribution in [1.29, 1.82) is 0 Å². The van der Waals surface area contributed by atoms with Gasteiger partial charge < -0.3 is 33.5 Å². The lowest BCUT2D eigenvalue weighted by atomic mass is 9.85. The summed E-state index contributed by atoms with van der Waals surface area (Å²) in [4.78, 5) is 54.9. The minimum Gasteiger partial charge on any atom is -0.458 e. The Hall–Kier alpha value is -3.79. The second kappa shape index (κ2) is 15.5. The zero-order valence-electron chi connectivity index (χ0n) is 32.7. The number of esters is 4. The largest absolute Gasteiger partial charge is 0.458 e. The summed E-state index contributed by atoms with van der Waals surface area (Å²) >= 11 is 0. The fourth-order valence-corrected chi connectivity index (χ4v) is 6.69. The molecule has 2 aliphatic rings. The van der Waals surface area contributed by atoms with Crippen LogP contribution in [0.4, 0.5) is 0 Å². The van der Waals surface area contributed by atoms with Gasteiger partial charge in [0.1, 0.15) is 28.5 Å². The van der Waals surface area contributed by atoms with Crippen molar-refractivity contribution in [2.24, 2.45) is 5.92 Å². The molecule has 14 nitrogen and oxygen atoms in total. The molecule has 2 aliphatic heterocycles. The highest BCUT2D eigenvalue weighted by atomic mass is 32.2. The quantitative estimate of drug-likeness (QED) is 0.127. The van der Waals surface area contributed by atoms with Crippen molar-refractivity contribution in [2.75, 3.05) is 6.26 Å². The second-order valence-corrected chi connectivity index (χ2v) is 18.1. The van der Waals surface area contributed by atoms with E-state index in [0.717, 1.165) is 5.56 Å². The Kier molecular flexibility index (Phi) is 12.8. The molecule has 1 aromatic rings. The first kappa shape index (κ1) is 43.6. The fourth-order valence-electron chi connectivity index (χ4n) is 6.08. The molecule has 0 radical (unpaired) electrons. The number of aliphatic hydroxyl groups is 1. The van der Waals surface area contributed by atoms with Crippen LogP contribution in [0, 0.1) is 5.92 Å². The predicted octanol–water partition coefficient (Wildman–Crippen LogP) is 4.61. The van der Waals surface area contributed by atoms with Crippen LogP contribution in [0.3, 0.4) is 0 Å². The highest BCUT2D eigenvalue weighted by Gasteiger charge is 2.77. The van der Waals surface area contributed by atoms with Gasteiger partial charge in [-0.1, -0.05) is 43.8 Å². The van der Waals surface area contributed by atoms with E-state index in [4.69, 9.17) is 32.6 Å². The highest BCUT2D eigenvalue weighted by Crippen LogP contribution is 2.55. The Bertz CT molecular complexity index is 1710. The van der Waals surface area contributed by atoms with E-state index >= 15 is 0 Å². The number of aliphatic hydroxyl groups excluding tert-OH is 1. The predicted molar refractivity (Wildman–Crippen MR) is 191 cm³/mol. The number of rotatable bonds is 13. The van der Waals surface area contributed by atoms with Crippen molar-refractivity contribution in [3.63, 3.8) is 0 Å². The van der Waals surface area contributed by atoms with E-state index in [-0.39, 0.29) is 12.3 Å². The number of carbonyl (C=O) groups is 4. The average molecular weight is 767 g/mol. The van der Waals surface area contributed by atoms with Crippen molar-refractivity contribution in [1.82, 2.24) is 0 Å². The first-order chi connectivity index (χ1) is 24.0. The number of hydrogen-bond donors (Lipinski definition) is 1. The first-order valence-corrected chi connectivity index (χ1v) is 19.1. The standard InChI is InChI=1S/C38H54O14S/c1-22(27(46-24(3)39)23(2)21-25-17-15-14-16-18-25)19-20-37-29(40)30(51-53(13,44)45)38(52-37,33(43)50-36(10,11)12)26(31(41)48-34(4,5)6)28(47-37)32(42)49-35(7,8)9/h14-18,23,27,29-30,40H,1,19-21H2,2-13H3/t23-,27-,29-,30-,37+,38+/m1/s1. The number of ether oxygens (including phenoxy) is 6. The van der Waals surface area contributed by atoms with Crippen molar-refractivity contribution in [3.05, 3.63) is 59.4 Å². The van der Waals surface area contributed by atoms with E-state index in [1.165, 1.54) is 48.5 Å². The van der Waals surface area contributed by atoms with Gasteiger partial charge in [0.25, 0.3) is 10.1 Å². The van der Waals surface area contributed by atoms with Gasteiger partial charge in [-0.05, 0) is 86.3 Å². The molecule has 0 aliphatic carbocycles. The van der Waals surface area contributed by atoms with Crippen LogP contribution in [-0.2, 0) is 68.3 Å². The van der Waals surface area contributed by atoms with E-state index in [0.29, 0.717) is 18.2 Å². The lowest BCUT2D eigenvalue weighted by molar-refractivity contribution is -0.275.